The lowest BCUT2D eigenvalue weighted by molar-refractivity contribution is 0.488. The zero-order chi connectivity index (χ0) is 7.40. The van der Waals surface area contributed by atoms with Crippen LogP contribution in [-0.4, -0.2) is 0 Å². The Balaban J connectivity index is 2.43. The van der Waals surface area contributed by atoms with E-state index in [1.165, 1.54) is 19.3 Å². The second kappa shape index (κ2) is 3.60. The molecule has 0 radical (unpaired) electrons. The topological polar surface area (TPSA) is 0 Å². The zero-order valence-corrected chi connectivity index (χ0v) is 6.72. The van der Waals surface area contributed by atoms with Crippen LogP contribution in [0.4, 0.5) is 0 Å². The molecule has 0 aromatic carbocycles. The van der Waals surface area contributed by atoms with Gasteiger partial charge in [-0.3, -0.25) is 0 Å². The molecule has 0 saturated carbocycles. The normalized spacial score (nSPS) is 32.1. The van der Waals surface area contributed by atoms with Gasteiger partial charge in [0.15, 0.2) is 0 Å². The van der Waals surface area contributed by atoms with E-state index in [2.05, 4.69) is 25.7 Å². The molecule has 0 saturated heterocycles. The van der Waals surface area contributed by atoms with Gasteiger partial charge in [-0.1, -0.05) is 25.2 Å². The van der Waals surface area contributed by atoms with E-state index in [4.69, 9.17) is 0 Å². The smallest absolute Gasteiger partial charge is 0.00559 e. The summed E-state index contributed by atoms with van der Waals surface area (Å²) in [5, 5.41) is 0. The molecule has 0 bridgehead atoms. The number of hydrogen-bond donors (Lipinski definition) is 0. The molecule has 1 rings (SSSR count). The molecule has 0 spiro atoms. The van der Waals surface area contributed by atoms with Crippen molar-refractivity contribution in [3.63, 3.8) is 0 Å². The van der Waals surface area contributed by atoms with Gasteiger partial charge in [-0.2, -0.15) is 0 Å². The molecule has 2 unspecified atom stereocenters. The predicted molar refractivity (Wildman–Crippen MR) is 45.8 cm³/mol. The molecule has 0 aliphatic heterocycles. The van der Waals surface area contributed by atoms with E-state index in [-0.39, 0.29) is 0 Å². The Hall–Kier alpha value is -0.520. The summed E-state index contributed by atoms with van der Waals surface area (Å²) < 4.78 is 0. The molecule has 0 heterocycles. The molecule has 1 aliphatic carbocycles. The highest BCUT2D eigenvalue weighted by Crippen LogP contribution is 2.24. The maximum Gasteiger partial charge on any atom is -0.00559 e. The van der Waals surface area contributed by atoms with Crippen LogP contribution in [0.3, 0.4) is 0 Å². The fraction of sp³-hybridized carbons (Fsp3) is 0.600. The van der Waals surface area contributed by atoms with E-state index in [1.54, 1.807) is 0 Å². The van der Waals surface area contributed by atoms with Gasteiger partial charge >= 0.3 is 0 Å². The van der Waals surface area contributed by atoms with E-state index >= 15 is 0 Å². The summed E-state index contributed by atoms with van der Waals surface area (Å²) in [5.41, 5.74) is 0. The van der Waals surface area contributed by atoms with Crippen molar-refractivity contribution in [1.82, 2.24) is 0 Å². The van der Waals surface area contributed by atoms with E-state index < -0.39 is 0 Å². The van der Waals surface area contributed by atoms with Gasteiger partial charge in [-0.15, -0.1) is 6.58 Å². The van der Waals surface area contributed by atoms with Gasteiger partial charge < -0.3 is 0 Å². The lowest BCUT2D eigenvalue weighted by atomic mass is 9.87. The first-order chi connectivity index (χ1) is 4.86. The molecule has 1 aliphatic rings. The molecular formula is C10H16. The minimum absolute atomic E-state index is 0.655. The van der Waals surface area contributed by atoms with Gasteiger partial charge in [0.1, 0.15) is 0 Å². The summed E-state index contributed by atoms with van der Waals surface area (Å²) in [7, 11) is 0. The second-order valence-corrected chi connectivity index (χ2v) is 3.03. The molecule has 0 aromatic rings. The minimum Gasteiger partial charge on any atom is -0.102 e. The third kappa shape index (κ3) is 1.73. The molecule has 10 heavy (non-hydrogen) atoms. The van der Waals surface area contributed by atoms with Crippen LogP contribution in [-0.2, 0) is 0 Å². The molecule has 0 heteroatoms. The van der Waals surface area contributed by atoms with Gasteiger partial charge in [-0.05, 0) is 31.1 Å². The molecule has 2 atom stereocenters. The Bertz CT molecular complexity index is 133. The highest BCUT2D eigenvalue weighted by atomic mass is 14.2. The van der Waals surface area contributed by atoms with Crippen molar-refractivity contribution >= 4 is 0 Å². The van der Waals surface area contributed by atoms with Crippen molar-refractivity contribution in [2.75, 3.05) is 0 Å². The van der Waals surface area contributed by atoms with Crippen molar-refractivity contribution in [1.29, 1.82) is 0 Å². The van der Waals surface area contributed by atoms with Crippen LogP contribution in [0.25, 0.3) is 0 Å². The van der Waals surface area contributed by atoms with Gasteiger partial charge in [-0.25, -0.2) is 0 Å². The van der Waals surface area contributed by atoms with Crippen LogP contribution >= 0.6 is 0 Å². The first kappa shape index (κ1) is 7.59. The third-order valence-electron chi connectivity index (χ3n) is 2.33. The Morgan fingerprint density at radius 1 is 1.50 bits per heavy atom. The number of allylic oxidation sites excluding steroid dienone is 3. The van der Waals surface area contributed by atoms with Gasteiger partial charge in [0, 0.05) is 0 Å². The van der Waals surface area contributed by atoms with E-state index in [0.717, 1.165) is 5.92 Å². The summed E-state index contributed by atoms with van der Waals surface area (Å²) in [6.07, 6.45) is 10.6. The first-order valence-corrected chi connectivity index (χ1v) is 4.17. The van der Waals surface area contributed by atoms with Crippen molar-refractivity contribution in [2.24, 2.45) is 11.8 Å². The van der Waals surface area contributed by atoms with Crippen LogP contribution in [0.15, 0.2) is 24.8 Å². The lowest BCUT2D eigenvalue weighted by Crippen LogP contribution is -2.05. The summed E-state index contributed by atoms with van der Waals surface area (Å²) in [5.74, 6) is 1.50. The van der Waals surface area contributed by atoms with Crippen molar-refractivity contribution < 1.29 is 0 Å². The standard InChI is InChI=1S/C10H16/c1-3-9-5-7-10(4-2)8-6-9/h3,5,7,9-10H,1,4,6,8H2,2H3. The largest absolute Gasteiger partial charge is 0.102 e. The SMILES string of the molecule is C=CC1C=CC(CC)CC1. The highest BCUT2D eigenvalue weighted by Gasteiger charge is 2.10. The molecule has 0 aromatic heterocycles. The Morgan fingerprint density at radius 2 is 2.30 bits per heavy atom. The number of rotatable bonds is 2. The van der Waals surface area contributed by atoms with Crippen LogP contribution in [0, 0.1) is 11.8 Å². The Morgan fingerprint density at radius 3 is 2.70 bits per heavy atom. The van der Waals surface area contributed by atoms with Crippen LogP contribution in [0.5, 0.6) is 0 Å². The minimum atomic E-state index is 0.655. The monoisotopic (exact) mass is 136 g/mol. The average molecular weight is 136 g/mol. The van der Waals surface area contributed by atoms with Crippen LogP contribution in [0.2, 0.25) is 0 Å². The van der Waals surface area contributed by atoms with E-state index in [1.807, 2.05) is 6.08 Å². The molecule has 0 amide bonds. The summed E-state index contributed by atoms with van der Waals surface area (Å²) in [6.45, 7) is 6.04. The maximum atomic E-state index is 3.78. The van der Waals surface area contributed by atoms with Crippen molar-refractivity contribution in [3.05, 3.63) is 24.8 Å². The molecule has 0 fully saturated rings. The van der Waals surface area contributed by atoms with Crippen molar-refractivity contribution in [3.8, 4) is 0 Å². The third-order valence-corrected chi connectivity index (χ3v) is 2.33. The van der Waals surface area contributed by atoms with E-state index in [9.17, 15) is 0 Å². The Kier molecular flexibility index (Phi) is 2.73. The maximum absolute atomic E-state index is 3.78. The predicted octanol–water partition coefficient (Wildman–Crippen LogP) is 3.16. The van der Waals surface area contributed by atoms with Gasteiger partial charge in [0.05, 0.1) is 0 Å². The zero-order valence-electron chi connectivity index (χ0n) is 6.72. The Labute approximate surface area is 63.6 Å². The fourth-order valence-corrected chi connectivity index (χ4v) is 1.44. The summed E-state index contributed by atoms with van der Waals surface area (Å²) in [6, 6.07) is 0. The van der Waals surface area contributed by atoms with Crippen LogP contribution in [0.1, 0.15) is 26.2 Å². The van der Waals surface area contributed by atoms with Gasteiger partial charge in [0.2, 0.25) is 0 Å². The molecular weight excluding hydrogens is 120 g/mol. The molecule has 0 nitrogen and oxygen atoms in total. The molecule has 0 N–H and O–H groups in total. The molecule has 56 valence electrons. The van der Waals surface area contributed by atoms with E-state index in [0.29, 0.717) is 5.92 Å². The fourth-order valence-electron chi connectivity index (χ4n) is 1.44. The number of hydrogen-bond acceptors (Lipinski definition) is 0. The second-order valence-electron chi connectivity index (χ2n) is 3.03. The quantitative estimate of drug-likeness (QED) is 0.511. The van der Waals surface area contributed by atoms with Crippen LogP contribution < -0.4 is 0 Å². The highest BCUT2D eigenvalue weighted by molar-refractivity contribution is 5.03. The average Bonchev–Trinajstić information content (AvgIpc) is 2.05. The van der Waals surface area contributed by atoms with Gasteiger partial charge in [0.25, 0.3) is 0 Å². The van der Waals surface area contributed by atoms with Crippen molar-refractivity contribution in [2.45, 2.75) is 26.2 Å². The summed E-state index contributed by atoms with van der Waals surface area (Å²) in [4.78, 5) is 0. The first-order valence-electron chi connectivity index (χ1n) is 4.17. The lowest BCUT2D eigenvalue weighted by Gasteiger charge is -2.18. The summed E-state index contributed by atoms with van der Waals surface area (Å²) >= 11 is 0.